The van der Waals surface area contributed by atoms with Gasteiger partial charge in [-0.3, -0.25) is 4.72 Å². The predicted molar refractivity (Wildman–Crippen MR) is 80.1 cm³/mol. The summed E-state index contributed by atoms with van der Waals surface area (Å²) in [5.41, 5.74) is 0.425. The van der Waals surface area contributed by atoms with Gasteiger partial charge in [0.2, 0.25) is 0 Å². The molecule has 0 saturated heterocycles. The number of aromatic carboxylic acids is 1. The monoisotopic (exact) mass is 323 g/mol. The number of carboxylic acid groups (broad SMARTS) is 1. The molecular formula is C15H14FNO4S. The first kappa shape index (κ1) is 16.0. The van der Waals surface area contributed by atoms with Crippen LogP contribution in [0.2, 0.25) is 0 Å². The van der Waals surface area contributed by atoms with Crippen LogP contribution >= 0.6 is 0 Å². The fourth-order valence-electron chi connectivity index (χ4n) is 2.06. The summed E-state index contributed by atoms with van der Waals surface area (Å²) in [5, 5.41) is 9.06. The molecule has 0 fully saturated rings. The molecule has 0 aliphatic heterocycles. The lowest BCUT2D eigenvalue weighted by Gasteiger charge is -2.13. The van der Waals surface area contributed by atoms with Gasteiger partial charge < -0.3 is 5.11 Å². The third kappa shape index (κ3) is 2.94. The molecule has 0 amide bonds. The number of rotatable bonds is 4. The van der Waals surface area contributed by atoms with Gasteiger partial charge in [-0.1, -0.05) is 12.1 Å². The van der Waals surface area contributed by atoms with Crippen LogP contribution in [0.5, 0.6) is 0 Å². The number of anilines is 1. The first-order valence-electron chi connectivity index (χ1n) is 6.35. The maximum Gasteiger partial charge on any atom is 0.336 e. The van der Waals surface area contributed by atoms with Crippen LogP contribution in [-0.4, -0.2) is 19.5 Å². The molecule has 0 saturated carbocycles. The highest BCUT2D eigenvalue weighted by Gasteiger charge is 2.20. The summed E-state index contributed by atoms with van der Waals surface area (Å²) in [6.07, 6.45) is 0. The van der Waals surface area contributed by atoms with Crippen molar-refractivity contribution in [3.8, 4) is 0 Å². The predicted octanol–water partition coefficient (Wildman–Crippen LogP) is 2.94. The SMILES string of the molecule is Cc1c(NS(=O)(=O)c2cccc(F)c2C)cccc1C(=O)O. The summed E-state index contributed by atoms with van der Waals surface area (Å²) in [4.78, 5) is 10.9. The second kappa shape index (κ2) is 5.76. The Morgan fingerprint density at radius 3 is 2.36 bits per heavy atom. The summed E-state index contributed by atoms with van der Waals surface area (Å²) in [6, 6.07) is 8.03. The molecular weight excluding hydrogens is 309 g/mol. The number of sulfonamides is 1. The van der Waals surface area contributed by atoms with E-state index in [4.69, 9.17) is 5.11 Å². The molecule has 2 N–H and O–H groups in total. The minimum absolute atomic E-state index is 0.00189. The molecule has 2 rings (SSSR count). The Balaban J connectivity index is 2.48. The Kier molecular flexibility index (Phi) is 4.18. The van der Waals surface area contributed by atoms with E-state index in [1.165, 1.54) is 50.2 Å². The molecule has 0 spiro atoms. The van der Waals surface area contributed by atoms with Gasteiger partial charge in [-0.05, 0) is 43.7 Å². The van der Waals surface area contributed by atoms with Crippen molar-refractivity contribution in [2.75, 3.05) is 4.72 Å². The summed E-state index contributed by atoms with van der Waals surface area (Å²) in [5.74, 6) is -1.78. The Bertz CT molecular complexity index is 847. The Hall–Kier alpha value is -2.41. The maximum absolute atomic E-state index is 13.5. The van der Waals surface area contributed by atoms with E-state index in [1.54, 1.807) is 0 Å². The van der Waals surface area contributed by atoms with Gasteiger partial charge in [0.15, 0.2) is 0 Å². The quantitative estimate of drug-likeness (QED) is 0.906. The van der Waals surface area contributed by atoms with E-state index in [0.717, 1.165) is 0 Å². The molecule has 0 aliphatic carbocycles. The highest BCUT2D eigenvalue weighted by molar-refractivity contribution is 7.92. The third-order valence-corrected chi connectivity index (χ3v) is 4.83. The van der Waals surface area contributed by atoms with Crippen LogP contribution in [0.25, 0.3) is 0 Å². The van der Waals surface area contributed by atoms with Crippen LogP contribution in [0.1, 0.15) is 21.5 Å². The van der Waals surface area contributed by atoms with Gasteiger partial charge in [0.05, 0.1) is 16.1 Å². The van der Waals surface area contributed by atoms with Crippen LogP contribution in [-0.2, 0) is 10.0 Å². The lowest BCUT2D eigenvalue weighted by atomic mass is 10.1. The van der Waals surface area contributed by atoms with Crippen molar-refractivity contribution in [2.45, 2.75) is 18.7 Å². The molecule has 0 radical (unpaired) electrons. The fourth-order valence-corrected chi connectivity index (χ4v) is 3.44. The average Bonchev–Trinajstić information content (AvgIpc) is 2.43. The summed E-state index contributed by atoms with van der Waals surface area (Å²) < 4.78 is 40.6. The largest absolute Gasteiger partial charge is 0.478 e. The van der Waals surface area contributed by atoms with Crippen molar-refractivity contribution in [1.82, 2.24) is 0 Å². The zero-order valence-corrected chi connectivity index (χ0v) is 12.7. The van der Waals surface area contributed by atoms with Gasteiger partial charge in [0.25, 0.3) is 10.0 Å². The molecule has 0 unspecified atom stereocenters. The number of benzene rings is 2. The smallest absolute Gasteiger partial charge is 0.336 e. The van der Waals surface area contributed by atoms with E-state index in [0.29, 0.717) is 0 Å². The lowest BCUT2D eigenvalue weighted by molar-refractivity contribution is 0.0696. The second-order valence-corrected chi connectivity index (χ2v) is 6.40. The zero-order valence-electron chi connectivity index (χ0n) is 11.9. The average molecular weight is 323 g/mol. The van der Waals surface area contributed by atoms with Crippen LogP contribution in [0.15, 0.2) is 41.3 Å². The molecule has 0 bridgehead atoms. The van der Waals surface area contributed by atoms with Gasteiger partial charge in [0.1, 0.15) is 5.82 Å². The van der Waals surface area contributed by atoms with Gasteiger partial charge >= 0.3 is 5.97 Å². The highest BCUT2D eigenvalue weighted by Crippen LogP contribution is 2.24. The van der Waals surface area contributed by atoms with E-state index < -0.39 is 21.8 Å². The van der Waals surface area contributed by atoms with Crippen molar-refractivity contribution in [3.05, 3.63) is 58.9 Å². The molecule has 0 heterocycles. The van der Waals surface area contributed by atoms with Crippen molar-refractivity contribution in [3.63, 3.8) is 0 Å². The maximum atomic E-state index is 13.5. The normalized spacial score (nSPS) is 11.2. The molecule has 0 atom stereocenters. The number of hydrogen-bond donors (Lipinski definition) is 2. The number of halogens is 1. The number of nitrogens with one attached hydrogen (secondary N) is 1. The second-order valence-electron chi connectivity index (χ2n) is 4.75. The first-order valence-corrected chi connectivity index (χ1v) is 7.83. The van der Waals surface area contributed by atoms with Crippen LogP contribution in [0.3, 0.4) is 0 Å². The van der Waals surface area contributed by atoms with Crippen LogP contribution in [0.4, 0.5) is 10.1 Å². The van der Waals surface area contributed by atoms with Crippen molar-refractivity contribution in [2.24, 2.45) is 0 Å². The topological polar surface area (TPSA) is 83.5 Å². The Labute approximate surface area is 127 Å². The van der Waals surface area contributed by atoms with Crippen molar-refractivity contribution in [1.29, 1.82) is 0 Å². The van der Waals surface area contributed by atoms with E-state index in [1.807, 2.05) is 0 Å². The minimum atomic E-state index is -4.01. The van der Waals surface area contributed by atoms with Gasteiger partial charge in [-0.25, -0.2) is 17.6 Å². The molecule has 22 heavy (non-hydrogen) atoms. The summed E-state index contributed by atoms with van der Waals surface area (Å²) in [7, 11) is -4.01. The lowest BCUT2D eigenvalue weighted by Crippen LogP contribution is -2.16. The van der Waals surface area contributed by atoms with Gasteiger partial charge in [-0.2, -0.15) is 0 Å². The summed E-state index contributed by atoms with van der Waals surface area (Å²) in [6.45, 7) is 2.87. The number of hydrogen-bond acceptors (Lipinski definition) is 3. The van der Waals surface area contributed by atoms with Gasteiger partial charge in [-0.15, -0.1) is 0 Å². The molecule has 2 aromatic rings. The van der Waals surface area contributed by atoms with Crippen LogP contribution < -0.4 is 4.72 Å². The Morgan fingerprint density at radius 1 is 1.09 bits per heavy atom. The fraction of sp³-hybridized carbons (Fsp3) is 0.133. The number of carbonyl (C=O) groups is 1. The van der Waals surface area contributed by atoms with E-state index in [2.05, 4.69) is 4.72 Å². The molecule has 0 aromatic heterocycles. The minimum Gasteiger partial charge on any atom is -0.478 e. The van der Waals surface area contributed by atoms with Crippen molar-refractivity contribution < 1.29 is 22.7 Å². The molecule has 5 nitrogen and oxygen atoms in total. The molecule has 7 heteroatoms. The standard InChI is InChI=1S/C15H14FNO4S/c1-9-11(15(18)19)5-3-7-13(9)17-22(20,21)14-8-4-6-12(16)10(14)2/h3-8,17H,1-2H3,(H,18,19). The van der Waals surface area contributed by atoms with E-state index >= 15 is 0 Å². The van der Waals surface area contributed by atoms with E-state index in [9.17, 15) is 17.6 Å². The molecule has 0 aliphatic rings. The number of carboxylic acids is 1. The van der Waals surface area contributed by atoms with Crippen molar-refractivity contribution >= 4 is 21.7 Å². The first-order chi connectivity index (χ1) is 10.2. The molecule has 116 valence electrons. The zero-order chi connectivity index (χ0) is 16.5. The molecule has 2 aromatic carbocycles. The highest BCUT2D eigenvalue weighted by atomic mass is 32.2. The summed E-state index contributed by atoms with van der Waals surface area (Å²) >= 11 is 0. The Morgan fingerprint density at radius 2 is 1.73 bits per heavy atom. The van der Waals surface area contributed by atoms with Crippen LogP contribution in [0, 0.1) is 19.7 Å². The third-order valence-electron chi connectivity index (χ3n) is 3.32. The van der Waals surface area contributed by atoms with E-state index in [-0.39, 0.29) is 27.3 Å². The van der Waals surface area contributed by atoms with Gasteiger partial charge in [0, 0.05) is 5.56 Å².